The molecule has 2 rings (SSSR count). The maximum Gasteiger partial charge on any atom is 0.320 e. The van der Waals surface area contributed by atoms with Gasteiger partial charge in [0.1, 0.15) is 6.04 Å². The van der Waals surface area contributed by atoms with Crippen LogP contribution in [0.2, 0.25) is 10.0 Å². The van der Waals surface area contributed by atoms with Crippen LogP contribution in [0.25, 0.3) is 5.69 Å². The molecule has 0 amide bonds. The zero-order chi connectivity index (χ0) is 14.7. The molecule has 0 aliphatic rings. The van der Waals surface area contributed by atoms with E-state index in [4.69, 9.17) is 28.3 Å². The Morgan fingerprint density at radius 3 is 2.90 bits per heavy atom. The van der Waals surface area contributed by atoms with Gasteiger partial charge in [0.2, 0.25) is 0 Å². The Balaban J connectivity index is 2.10. The standard InChI is InChI=1S/C12H12Cl2N4O2/c1-7(12(19)20)15-5-9-6-18(17-16-9)11-3-2-8(13)4-10(11)14/h2-4,6-7,15H,5H2,1H3,(H,19,20). The summed E-state index contributed by atoms with van der Waals surface area (Å²) in [6.45, 7) is 1.86. The minimum atomic E-state index is -0.918. The topological polar surface area (TPSA) is 80.0 Å². The van der Waals surface area contributed by atoms with Gasteiger partial charge in [-0.25, -0.2) is 4.68 Å². The highest BCUT2D eigenvalue weighted by molar-refractivity contribution is 6.35. The molecule has 1 aromatic carbocycles. The van der Waals surface area contributed by atoms with Crippen LogP contribution >= 0.6 is 23.2 Å². The van der Waals surface area contributed by atoms with Crippen LogP contribution in [0.1, 0.15) is 12.6 Å². The summed E-state index contributed by atoms with van der Waals surface area (Å²) in [4.78, 5) is 10.7. The summed E-state index contributed by atoms with van der Waals surface area (Å²) in [5.74, 6) is -0.918. The SMILES string of the molecule is CC(NCc1cn(-c2ccc(Cl)cc2Cl)nn1)C(=O)O. The van der Waals surface area contributed by atoms with Gasteiger partial charge in [0, 0.05) is 11.6 Å². The van der Waals surface area contributed by atoms with Gasteiger partial charge in [-0.3, -0.25) is 10.1 Å². The predicted octanol–water partition coefficient (Wildman–Crippen LogP) is 2.14. The third-order valence-corrected chi connectivity index (χ3v) is 3.20. The first-order chi connectivity index (χ1) is 9.47. The lowest BCUT2D eigenvalue weighted by molar-refractivity contribution is -0.139. The fourth-order valence-corrected chi connectivity index (χ4v) is 2.00. The van der Waals surface area contributed by atoms with Crippen LogP contribution in [0.4, 0.5) is 0 Å². The highest BCUT2D eigenvalue weighted by Crippen LogP contribution is 2.23. The lowest BCUT2D eigenvalue weighted by atomic mass is 10.3. The van der Waals surface area contributed by atoms with Gasteiger partial charge in [-0.05, 0) is 25.1 Å². The van der Waals surface area contributed by atoms with E-state index in [0.717, 1.165) is 0 Å². The van der Waals surface area contributed by atoms with Gasteiger partial charge in [0.25, 0.3) is 0 Å². The van der Waals surface area contributed by atoms with Crippen molar-refractivity contribution < 1.29 is 9.90 Å². The quantitative estimate of drug-likeness (QED) is 0.883. The third kappa shape index (κ3) is 3.47. The molecule has 2 N–H and O–H groups in total. The molecule has 6 nitrogen and oxygen atoms in total. The highest BCUT2D eigenvalue weighted by Gasteiger charge is 2.11. The second-order valence-electron chi connectivity index (χ2n) is 4.19. The van der Waals surface area contributed by atoms with Crippen LogP contribution in [0, 0.1) is 0 Å². The molecule has 1 atom stereocenters. The first kappa shape index (κ1) is 14.8. The van der Waals surface area contributed by atoms with E-state index in [1.807, 2.05) is 0 Å². The average molecular weight is 315 g/mol. The van der Waals surface area contributed by atoms with E-state index in [0.29, 0.717) is 28.0 Å². The molecule has 0 saturated carbocycles. The number of hydrogen-bond acceptors (Lipinski definition) is 4. The van der Waals surface area contributed by atoms with E-state index in [-0.39, 0.29) is 0 Å². The number of nitrogens with zero attached hydrogens (tertiary/aromatic N) is 3. The molecule has 0 aliphatic carbocycles. The number of hydrogen-bond donors (Lipinski definition) is 2. The van der Waals surface area contributed by atoms with Crippen LogP contribution < -0.4 is 5.32 Å². The van der Waals surface area contributed by atoms with Crippen LogP contribution in [-0.4, -0.2) is 32.1 Å². The molecule has 1 unspecified atom stereocenters. The molecule has 0 saturated heterocycles. The largest absolute Gasteiger partial charge is 0.480 e. The molecule has 0 fully saturated rings. The molecule has 0 aliphatic heterocycles. The zero-order valence-corrected chi connectivity index (χ0v) is 12.1. The zero-order valence-electron chi connectivity index (χ0n) is 10.5. The van der Waals surface area contributed by atoms with Gasteiger partial charge in [0.05, 0.1) is 22.6 Å². The molecule has 106 valence electrons. The molecule has 1 aromatic heterocycles. The molecule has 2 aromatic rings. The molecule has 0 radical (unpaired) electrons. The van der Waals surface area contributed by atoms with Gasteiger partial charge >= 0.3 is 5.97 Å². The molecule has 1 heterocycles. The Kier molecular flexibility index (Phi) is 4.59. The fraction of sp³-hybridized carbons (Fsp3) is 0.250. The van der Waals surface area contributed by atoms with Gasteiger partial charge in [-0.1, -0.05) is 28.4 Å². The average Bonchev–Trinajstić information content (AvgIpc) is 2.84. The number of rotatable bonds is 5. The van der Waals surface area contributed by atoms with E-state index >= 15 is 0 Å². The molecule has 0 spiro atoms. The smallest absolute Gasteiger partial charge is 0.320 e. The maximum atomic E-state index is 10.7. The summed E-state index contributed by atoms with van der Waals surface area (Å²) in [6.07, 6.45) is 1.68. The Hall–Kier alpha value is -1.63. The number of carbonyl (C=O) groups is 1. The van der Waals surface area contributed by atoms with Crippen molar-refractivity contribution in [3.63, 3.8) is 0 Å². The van der Waals surface area contributed by atoms with Crippen molar-refractivity contribution in [2.45, 2.75) is 19.5 Å². The highest BCUT2D eigenvalue weighted by atomic mass is 35.5. The summed E-state index contributed by atoms with van der Waals surface area (Å²) < 4.78 is 1.51. The summed E-state index contributed by atoms with van der Waals surface area (Å²) in [5.41, 5.74) is 1.27. The van der Waals surface area contributed by atoms with E-state index < -0.39 is 12.0 Å². The monoisotopic (exact) mass is 314 g/mol. The summed E-state index contributed by atoms with van der Waals surface area (Å²) in [5, 5.41) is 20.5. The minimum Gasteiger partial charge on any atom is -0.480 e. The fourth-order valence-electron chi connectivity index (χ4n) is 1.51. The van der Waals surface area contributed by atoms with E-state index in [1.54, 1.807) is 31.3 Å². The first-order valence-corrected chi connectivity index (χ1v) is 6.56. The first-order valence-electron chi connectivity index (χ1n) is 5.80. The number of carboxylic acids is 1. The van der Waals surface area contributed by atoms with E-state index in [2.05, 4.69) is 15.6 Å². The van der Waals surface area contributed by atoms with Crippen molar-refractivity contribution in [1.82, 2.24) is 20.3 Å². The molecular weight excluding hydrogens is 303 g/mol. The summed E-state index contributed by atoms with van der Waals surface area (Å²) in [7, 11) is 0. The van der Waals surface area contributed by atoms with Crippen LogP contribution in [0.5, 0.6) is 0 Å². The number of aliphatic carboxylic acids is 1. The predicted molar refractivity (Wildman–Crippen MR) is 75.3 cm³/mol. The van der Waals surface area contributed by atoms with Crippen molar-refractivity contribution in [2.75, 3.05) is 0 Å². The van der Waals surface area contributed by atoms with Crippen LogP contribution in [0.3, 0.4) is 0 Å². The second kappa shape index (κ2) is 6.21. The van der Waals surface area contributed by atoms with Crippen molar-refractivity contribution in [3.8, 4) is 5.69 Å². The van der Waals surface area contributed by atoms with Crippen LogP contribution in [0.15, 0.2) is 24.4 Å². The Morgan fingerprint density at radius 1 is 1.50 bits per heavy atom. The summed E-state index contributed by atoms with van der Waals surface area (Å²) >= 11 is 11.9. The van der Waals surface area contributed by atoms with Gasteiger partial charge in [-0.15, -0.1) is 5.10 Å². The van der Waals surface area contributed by atoms with Gasteiger partial charge < -0.3 is 5.11 Å². The Bertz CT molecular complexity index is 630. The van der Waals surface area contributed by atoms with Crippen LogP contribution in [-0.2, 0) is 11.3 Å². The number of halogens is 2. The molecular formula is C12H12Cl2N4O2. The molecule has 0 bridgehead atoms. The minimum absolute atomic E-state index is 0.304. The lowest BCUT2D eigenvalue weighted by Crippen LogP contribution is -2.33. The molecule has 8 heteroatoms. The van der Waals surface area contributed by atoms with E-state index in [1.165, 1.54) is 4.68 Å². The maximum absolute atomic E-state index is 10.7. The van der Waals surface area contributed by atoms with Crippen molar-refractivity contribution in [2.24, 2.45) is 0 Å². The van der Waals surface area contributed by atoms with Crippen molar-refractivity contribution in [1.29, 1.82) is 0 Å². The Labute approximate surface area is 125 Å². The van der Waals surface area contributed by atoms with E-state index in [9.17, 15) is 4.79 Å². The normalized spacial score (nSPS) is 12.3. The summed E-state index contributed by atoms with van der Waals surface area (Å²) in [6, 6.07) is 4.40. The number of nitrogens with one attached hydrogen (secondary N) is 1. The molecule has 20 heavy (non-hydrogen) atoms. The number of aromatic nitrogens is 3. The second-order valence-corrected chi connectivity index (χ2v) is 5.03. The lowest BCUT2D eigenvalue weighted by Gasteiger charge is -2.06. The Morgan fingerprint density at radius 2 is 2.25 bits per heavy atom. The van der Waals surface area contributed by atoms with Gasteiger partial charge in [-0.2, -0.15) is 0 Å². The van der Waals surface area contributed by atoms with Crippen molar-refractivity contribution in [3.05, 3.63) is 40.1 Å². The number of carboxylic acid groups (broad SMARTS) is 1. The van der Waals surface area contributed by atoms with Crippen molar-refractivity contribution >= 4 is 29.2 Å². The third-order valence-electron chi connectivity index (χ3n) is 2.66. The van der Waals surface area contributed by atoms with Gasteiger partial charge in [0.15, 0.2) is 0 Å². The number of benzene rings is 1.